The molecule has 4 heteroatoms. The summed E-state index contributed by atoms with van der Waals surface area (Å²) in [5.41, 5.74) is 9.79. The van der Waals surface area contributed by atoms with Crippen LogP contribution < -0.4 is 10.6 Å². The number of amides is 1. The Balaban J connectivity index is 1.92. The highest BCUT2D eigenvalue weighted by Gasteiger charge is 2.42. The summed E-state index contributed by atoms with van der Waals surface area (Å²) >= 11 is 0. The van der Waals surface area contributed by atoms with Crippen molar-refractivity contribution in [1.29, 1.82) is 0 Å². The zero-order valence-electron chi connectivity index (χ0n) is 14.0. The molecule has 2 aromatic carbocycles. The normalized spacial score (nSPS) is 17.4. The maximum Gasteiger partial charge on any atom is 0.235 e. The molecule has 1 amide bonds. The van der Waals surface area contributed by atoms with Gasteiger partial charge < -0.3 is 10.6 Å². The van der Waals surface area contributed by atoms with Crippen LogP contribution in [0, 0.1) is 0 Å². The zero-order chi connectivity index (χ0) is 17.4. The SMILES string of the molecule is CN1C(=O)C(C(c2ccccc2)c2cccc(N)n2)c2ccccc21. The highest BCUT2D eigenvalue weighted by molar-refractivity contribution is 6.05. The van der Waals surface area contributed by atoms with E-state index < -0.39 is 0 Å². The molecule has 124 valence electrons. The van der Waals surface area contributed by atoms with Gasteiger partial charge in [-0.05, 0) is 29.3 Å². The van der Waals surface area contributed by atoms with Gasteiger partial charge in [0.15, 0.2) is 0 Å². The molecule has 1 aromatic heterocycles. The molecule has 25 heavy (non-hydrogen) atoms. The van der Waals surface area contributed by atoms with Crippen molar-refractivity contribution in [3.8, 4) is 0 Å². The standard InChI is InChI=1S/C21H19N3O/c1-24-17-12-6-5-10-15(17)20(21(24)25)19(14-8-3-2-4-9-14)16-11-7-13-18(22)23-16/h2-13,19-20H,1H3,(H2,22,23). The van der Waals surface area contributed by atoms with E-state index in [9.17, 15) is 4.79 Å². The molecule has 1 aliphatic rings. The molecule has 0 saturated heterocycles. The number of carbonyl (C=O) groups excluding carboxylic acids is 1. The molecule has 4 nitrogen and oxygen atoms in total. The van der Waals surface area contributed by atoms with Crippen molar-refractivity contribution in [3.63, 3.8) is 0 Å². The Morgan fingerprint density at radius 2 is 1.68 bits per heavy atom. The van der Waals surface area contributed by atoms with E-state index in [2.05, 4.69) is 4.98 Å². The van der Waals surface area contributed by atoms with Crippen LogP contribution in [0.25, 0.3) is 0 Å². The van der Waals surface area contributed by atoms with Gasteiger partial charge in [-0.25, -0.2) is 4.98 Å². The predicted octanol–water partition coefficient (Wildman–Crippen LogP) is 3.56. The number of para-hydroxylation sites is 1. The highest BCUT2D eigenvalue weighted by atomic mass is 16.2. The summed E-state index contributed by atoms with van der Waals surface area (Å²) < 4.78 is 0. The average Bonchev–Trinajstić information content (AvgIpc) is 2.89. The van der Waals surface area contributed by atoms with Crippen LogP contribution in [0.15, 0.2) is 72.8 Å². The third-order valence-electron chi connectivity index (χ3n) is 4.83. The zero-order valence-corrected chi connectivity index (χ0v) is 14.0. The van der Waals surface area contributed by atoms with Crippen molar-refractivity contribution in [1.82, 2.24) is 4.98 Å². The van der Waals surface area contributed by atoms with Gasteiger partial charge in [-0.15, -0.1) is 0 Å². The summed E-state index contributed by atoms with van der Waals surface area (Å²) in [6.07, 6.45) is 0. The van der Waals surface area contributed by atoms with Crippen LogP contribution in [0.4, 0.5) is 11.5 Å². The minimum absolute atomic E-state index is 0.0827. The predicted molar refractivity (Wildman–Crippen MR) is 99.5 cm³/mol. The molecule has 2 heterocycles. The number of likely N-dealkylation sites (N-methyl/N-ethyl adjacent to an activating group) is 1. The molecule has 0 aliphatic carbocycles. The second kappa shape index (κ2) is 6.06. The average molecular weight is 329 g/mol. The van der Waals surface area contributed by atoms with Crippen molar-refractivity contribution in [2.24, 2.45) is 0 Å². The summed E-state index contributed by atoms with van der Waals surface area (Å²) in [5, 5.41) is 0. The van der Waals surface area contributed by atoms with Crippen molar-refractivity contribution < 1.29 is 4.79 Å². The number of pyridine rings is 1. The number of rotatable bonds is 3. The number of carbonyl (C=O) groups is 1. The smallest absolute Gasteiger partial charge is 0.235 e. The molecule has 0 spiro atoms. The van der Waals surface area contributed by atoms with Gasteiger partial charge in [-0.2, -0.15) is 0 Å². The van der Waals surface area contributed by atoms with E-state index in [-0.39, 0.29) is 17.7 Å². The molecule has 1 aliphatic heterocycles. The molecule has 2 N–H and O–H groups in total. The van der Waals surface area contributed by atoms with Gasteiger partial charge in [0.2, 0.25) is 5.91 Å². The van der Waals surface area contributed by atoms with Crippen LogP contribution in [0.2, 0.25) is 0 Å². The van der Waals surface area contributed by atoms with Crippen LogP contribution in [-0.2, 0) is 4.79 Å². The van der Waals surface area contributed by atoms with Crippen LogP contribution in [0.1, 0.15) is 28.7 Å². The maximum absolute atomic E-state index is 13.1. The topological polar surface area (TPSA) is 59.2 Å². The molecule has 0 radical (unpaired) electrons. The molecule has 4 rings (SSSR count). The van der Waals surface area contributed by atoms with Gasteiger partial charge in [0.05, 0.1) is 11.6 Å². The fraction of sp³-hybridized carbons (Fsp3) is 0.143. The molecule has 0 saturated carbocycles. The minimum atomic E-state index is -0.308. The first-order valence-corrected chi connectivity index (χ1v) is 8.30. The lowest BCUT2D eigenvalue weighted by Crippen LogP contribution is -2.28. The van der Waals surface area contributed by atoms with Gasteiger partial charge in [-0.1, -0.05) is 54.6 Å². The first kappa shape index (κ1) is 15.4. The van der Waals surface area contributed by atoms with Crippen LogP contribution >= 0.6 is 0 Å². The van der Waals surface area contributed by atoms with E-state index in [0.29, 0.717) is 5.82 Å². The van der Waals surface area contributed by atoms with Crippen molar-refractivity contribution in [2.75, 3.05) is 17.7 Å². The summed E-state index contributed by atoms with van der Waals surface area (Å²) in [6.45, 7) is 0. The van der Waals surface area contributed by atoms with Crippen molar-refractivity contribution in [3.05, 3.63) is 89.6 Å². The van der Waals surface area contributed by atoms with Crippen LogP contribution in [0.5, 0.6) is 0 Å². The molecule has 2 atom stereocenters. The number of nitrogens with zero attached hydrogens (tertiary/aromatic N) is 2. The highest BCUT2D eigenvalue weighted by Crippen LogP contribution is 2.46. The fourth-order valence-electron chi connectivity index (χ4n) is 3.67. The Morgan fingerprint density at radius 3 is 2.44 bits per heavy atom. The lowest BCUT2D eigenvalue weighted by atomic mass is 9.80. The number of hydrogen-bond donors (Lipinski definition) is 1. The molecule has 0 bridgehead atoms. The number of benzene rings is 2. The fourth-order valence-corrected chi connectivity index (χ4v) is 3.67. The number of nitrogens with two attached hydrogens (primary N) is 1. The number of nitrogen functional groups attached to an aromatic ring is 1. The summed E-state index contributed by atoms with van der Waals surface area (Å²) in [5.74, 6) is 0.0611. The van der Waals surface area contributed by atoms with E-state index in [4.69, 9.17) is 5.73 Å². The molecular weight excluding hydrogens is 310 g/mol. The number of hydrogen-bond acceptors (Lipinski definition) is 3. The van der Waals surface area contributed by atoms with Gasteiger partial charge >= 0.3 is 0 Å². The lowest BCUT2D eigenvalue weighted by Gasteiger charge is -2.23. The summed E-state index contributed by atoms with van der Waals surface area (Å²) in [4.78, 5) is 19.4. The monoisotopic (exact) mass is 329 g/mol. The van der Waals surface area contributed by atoms with Crippen LogP contribution in [-0.4, -0.2) is 17.9 Å². The Hall–Kier alpha value is -3.14. The second-order valence-corrected chi connectivity index (χ2v) is 6.31. The van der Waals surface area contributed by atoms with E-state index in [1.807, 2.05) is 73.8 Å². The van der Waals surface area contributed by atoms with E-state index >= 15 is 0 Å². The molecule has 0 fully saturated rings. The molecular formula is C21H19N3O. The van der Waals surface area contributed by atoms with Crippen LogP contribution in [0.3, 0.4) is 0 Å². The third kappa shape index (κ3) is 2.56. The Kier molecular flexibility index (Phi) is 3.73. The van der Waals surface area contributed by atoms with E-state index in [0.717, 1.165) is 22.5 Å². The quantitative estimate of drug-likeness (QED) is 0.799. The molecule has 2 unspecified atom stereocenters. The first-order chi connectivity index (χ1) is 12.2. The van der Waals surface area contributed by atoms with Gasteiger partial charge in [0.25, 0.3) is 0 Å². The van der Waals surface area contributed by atoms with E-state index in [1.165, 1.54) is 0 Å². The molecule has 3 aromatic rings. The van der Waals surface area contributed by atoms with Gasteiger partial charge in [-0.3, -0.25) is 4.79 Å². The summed E-state index contributed by atoms with van der Waals surface area (Å²) in [7, 11) is 1.83. The third-order valence-corrected chi connectivity index (χ3v) is 4.83. The van der Waals surface area contributed by atoms with Crippen molar-refractivity contribution in [2.45, 2.75) is 11.8 Å². The first-order valence-electron chi connectivity index (χ1n) is 8.30. The number of aromatic nitrogens is 1. The Bertz CT molecular complexity index is 923. The number of fused-ring (bicyclic) bond motifs is 1. The Labute approximate surface area is 146 Å². The van der Waals surface area contributed by atoms with E-state index in [1.54, 1.807) is 11.0 Å². The largest absolute Gasteiger partial charge is 0.384 e. The lowest BCUT2D eigenvalue weighted by molar-refractivity contribution is -0.119. The summed E-state index contributed by atoms with van der Waals surface area (Å²) in [6, 6.07) is 23.6. The van der Waals surface area contributed by atoms with Gasteiger partial charge in [0, 0.05) is 18.7 Å². The van der Waals surface area contributed by atoms with Gasteiger partial charge in [0.1, 0.15) is 5.82 Å². The maximum atomic E-state index is 13.1. The number of anilines is 2. The second-order valence-electron chi connectivity index (χ2n) is 6.31. The minimum Gasteiger partial charge on any atom is -0.384 e. The Morgan fingerprint density at radius 1 is 0.960 bits per heavy atom. The van der Waals surface area contributed by atoms with Crippen molar-refractivity contribution >= 4 is 17.4 Å².